The van der Waals surface area contributed by atoms with Crippen LogP contribution in [0.5, 0.6) is 0 Å². The number of nitrogens with two attached hydrogens (primary N) is 1. The predicted octanol–water partition coefficient (Wildman–Crippen LogP) is 3.88. The molecule has 0 bridgehead atoms. The lowest BCUT2D eigenvalue weighted by Crippen LogP contribution is -2.38. The van der Waals surface area contributed by atoms with Crippen LogP contribution in [0.3, 0.4) is 0 Å². The Labute approximate surface area is 182 Å². The summed E-state index contributed by atoms with van der Waals surface area (Å²) < 4.78 is 7.72. The first-order chi connectivity index (χ1) is 15.2. The van der Waals surface area contributed by atoms with E-state index in [1.165, 1.54) is 12.8 Å². The van der Waals surface area contributed by atoms with Crippen LogP contribution in [0.25, 0.3) is 11.4 Å². The molecule has 3 aromatic rings. The third kappa shape index (κ3) is 3.95. The van der Waals surface area contributed by atoms with Crippen molar-refractivity contribution in [3.05, 3.63) is 66.0 Å². The minimum Gasteiger partial charge on any atom is -0.445 e. The van der Waals surface area contributed by atoms with Crippen molar-refractivity contribution < 1.29 is 9.53 Å². The molecule has 7 nitrogen and oxygen atoms in total. The molecule has 31 heavy (non-hydrogen) atoms. The first-order valence-corrected chi connectivity index (χ1v) is 10.8. The van der Waals surface area contributed by atoms with E-state index in [4.69, 9.17) is 15.5 Å². The number of carbonyl (C=O) groups excluding carboxylic acids is 1. The van der Waals surface area contributed by atoms with Crippen LogP contribution >= 0.6 is 0 Å². The second-order valence-electron chi connectivity index (χ2n) is 8.16. The van der Waals surface area contributed by atoms with Gasteiger partial charge in [-0.3, -0.25) is 0 Å². The summed E-state index contributed by atoms with van der Waals surface area (Å²) in [5, 5.41) is 0. The highest BCUT2D eigenvalue weighted by Gasteiger charge is 2.26. The molecule has 5 rings (SSSR count). The third-order valence-corrected chi connectivity index (χ3v) is 6.06. The molecule has 2 N–H and O–H groups in total. The van der Waals surface area contributed by atoms with Crippen molar-refractivity contribution in [3.8, 4) is 11.4 Å². The molecule has 0 spiro atoms. The number of nitrogen functional groups attached to an aromatic ring is 1. The maximum atomic E-state index is 12.6. The van der Waals surface area contributed by atoms with Gasteiger partial charge in [-0.25, -0.2) is 9.78 Å². The summed E-state index contributed by atoms with van der Waals surface area (Å²) in [6.45, 7) is 4.16. The number of benzene rings is 2. The summed E-state index contributed by atoms with van der Waals surface area (Å²) in [5.41, 5.74) is 11.1. The Bertz CT molecular complexity index is 1070. The zero-order valence-corrected chi connectivity index (χ0v) is 17.5. The molecule has 0 radical (unpaired) electrons. The zero-order chi connectivity index (χ0) is 21.2. The predicted molar refractivity (Wildman–Crippen MR) is 121 cm³/mol. The molecule has 7 heteroatoms. The SMILES string of the molecule is Nc1ccc(-c2ncc3n2CCN(C(=O)OCc2ccccc2)C3)c(N2CCCC2)c1. The summed E-state index contributed by atoms with van der Waals surface area (Å²) in [5.74, 6) is 0.939. The summed E-state index contributed by atoms with van der Waals surface area (Å²) in [7, 11) is 0. The number of carbonyl (C=O) groups is 1. The molecule has 2 aromatic carbocycles. The number of nitrogens with zero attached hydrogens (tertiary/aromatic N) is 4. The number of fused-ring (bicyclic) bond motifs is 1. The number of imidazole rings is 1. The van der Waals surface area contributed by atoms with Crippen molar-refractivity contribution in [1.29, 1.82) is 0 Å². The standard InChI is InChI=1S/C24H27N5O2/c25-19-8-9-21(22(14-19)27-10-4-5-11-27)23-26-15-20-16-28(12-13-29(20)23)24(30)31-17-18-6-2-1-3-7-18/h1-3,6-9,14-15H,4-5,10-13,16-17,25H2. The summed E-state index contributed by atoms with van der Waals surface area (Å²) in [6.07, 6.45) is 3.99. The normalized spacial score (nSPS) is 15.7. The Morgan fingerprint density at radius 2 is 1.84 bits per heavy atom. The van der Waals surface area contributed by atoms with Crippen LogP contribution < -0.4 is 10.6 Å². The van der Waals surface area contributed by atoms with Crippen LogP contribution in [0.2, 0.25) is 0 Å². The summed E-state index contributed by atoms with van der Waals surface area (Å²) in [6, 6.07) is 15.8. The van der Waals surface area contributed by atoms with Gasteiger partial charge < -0.3 is 24.8 Å². The average Bonchev–Trinajstić information content (AvgIpc) is 3.48. The molecule has 0 saturated carbocycles. The molecule has 1 fully saturated rings. The van der Waals surface area contributed by atoms with E-state index in [1.54, 1.807) is 4.90 Å². The molecule has 160 valence electrons. The lowest BCUT2D eigenvalue weighted by Gasteiger charge is -2.29. The lowest BCUT2D eigenvalue weighted by molar-refractivity contribution is 0.0870. The van der Waals surface area contributed by atoms with Gasteiger partial charge in [0.2, 0.25) is 0 Å². The Balaban J connectivity index is 1.33. The van der Waals surface area contributed by atoms with Crippen LogP contribution in [0.4, 0.5) is 16.2 Å². The van der Waals surface area contributed by atoms with E-state index in [0.29, 0.717) is 19.6 Å². The van der Waals surface area contributed by atoms with Crippen LogP contribution in [0.1, 0.15) is 24.1 Å². The minimum atomic E-state index is -0.289. The van der Waals surface area contributed by atoms with Crippen molar-refractivity contribution in [2.75, 3.05) is 30.3 Å². The fraction of sp³-hybridized carbons (Fsp3) is 0.333. The number of hydrogen-bond acceptors (Lipinski definition) is 5. The van der Waals surface area contributed by atoms with Crippen molar-refractivity contribution in [2.24, 2.45) is 0 Å². The third-order valence-electron chi connectivity index (χ3n) is 6.06. The molecule has 2 aliphatic heterocycles. The van der Waals surface area contributed by atoms with Crippen molar-refractivity contribution in [1.82, 2.24) is 14.5 Å². The van der Waals surface area contributed by atoms with Gasteiger partial charge in [0, 0.05) is 43.1 Å². The van der Waals surface area contributed by atoms with E-state index < -0.39 is 0 Å². The van der Waals surface area contributed by atoms with E-state index in [9.17, 15) is 4.79 Å². The van der Waals surface area contributed by atoms with Gasteiger partial charge in [0.25, 0.3) is 0 Å². The van der Waals surface area contributed by atoms with E-state index >= 15 is 0 Å². The van der Waals surface area contributed by atoms with Crippen molar-refractivity contribution in [3.63, 3.8) is 0 Å². The van der Waals surface area contributed by atoms with Crippen LogP contribution in [0, 0.1) is 0 Å². The van der Waals surface area contributed by atoms with Crippen molar-refractivity contribution in [2.45, 2.75) is 32.5 Å². The number of ether oxygens (including phenoxy) is 1. The van der Waals surface area contributed by atoms with Gasteiger partial charge in [0.15, 0.2) is 0 Å². The quantitative estimate of drug-likeness (QED) is 0.652. The molecule has 1 aromatic heterocycles. The Morgan fingerprint density at radius 1 is 1.03 bits per heavy atom. The fourth-order valence-electron chi connectivity index (χ4n) is 4.42. The zero-order valence-electron chi connectivity index (χ0n) is 17.5. The molecule has 2 aliphatic rings. The lowest BCUT2D eigenvalue weighted by atomic mass is 10.1. The van der Waals surface area contributed by atoms with Gasteiger partial charge in [-0.2, -0.15) is 0 Å². The number of hydrogen-bond donors (Lipinski definition) is 1. The van der Waals surface area contributed by atoms with E-state index in [1.807, 2.05) is 42.6 Å². The first kappa shape index (κ1) is 19.5. The van der Waals surface area contributed by atoms with Gasteiger partial charge >= 0.3 is 6.09 Å². The topological polar surface area (TPSA) is 76.6 Å². The maximum Gasteiger partial charge on any atom is 0.410 e. The monoisotopic (exact) mass is 417 g/mol. The Hall–Kier alpha value is -3.48. The molecule has 0 aliphatic carbocycles. The average molecular weight is 418 g/mol. The molecular weight excluding hydrogens is 390 g/mol. The Morgan fingerprint density at radius 3 is 2.65 bits per heavy atom. The smallest absolute Gasteiger partial charge is 0.410 e. The number of amides is 1. The van der Waals surface area contributed by atoms with Gasteiger partial charge in [-0.1, -0.05) is 30.3 Å². The molecule has 1 amide bonds. The number of rotatable bonds is 4. The molecule has 0 unspecified atom stereocenters. The minimum absolute atomic E-state index is 0.283. The van der Waals surface area contributed by atoms with E-state index in [-0.39, 0.29) is 12.7 Å². The molecule has 0 atom stereocenters. The first-order valence-electron chi connectivity index (χ1n) is 10.8. The summed E-state index contributed by atoms with van der Waals surface area (Å²) in [4.78, 5) is 21.4. The fourth-order valence-corrected chi connectivity index (χ4v) is 4.42. The van der Waals surface area contributed by atoms with Crippen LogP contribution in [-0.2, 0) is 24.4 Å². The van der Waals surface area contributed by atoms with Gasteiger partial charge in [-0.15, -0.1) is 0 Å². The van der Waals surface area contributed by atoms with Gasteiger partial charge in [0.1, 0.15) is 12.4 Å². The van der Waals surface area contributed by atoms with E-state index in [0.717, 1.165) is 47.1 Å². The molecular formula is C24H27N5O2. The molecule has 3 heterocycles. The highest BCUT2D eigenvalue weighted by Crippen LogP contribution is 2.35. The van der Waals surface area contributed by atoms with E-state index in [2.05, 4.69) is 21.6 Å². The van der Waals surface area contributed by atoms with Crippen molar-refractivity contribution >= 4 is 17.5 Å². The van der Waals surface area contributed by atoms with Crippen LogP contribution in [-0.4, -0.2) is 40.2 Å². The van der Waals surface area contributed by atoms with Crippen LogP contribution in [0.15, 0.2) is 54.7 Å². The van der Waals surface area contributed by atoms with Gasteiger partial charge in [0.05, 0.1) is 18.4 Å². The summed E-state index contributed by atoms with van der Waals surface area (Å²) >= 11 is 0. The highest BCUT2D eigenvalue weighted by atomic mass is 16.6. The van der Waals surface area contributed by atoms with Gasteiger partial charge in [-0.05, 0) is 36.6 Å². The number of aromatic nitrogens is 2. The number of anilines is 2. The second-order valence-corrected chi connectivity index (χ2v) is 8.16. The highest BCUT2D eigenvalue weighted by molar-refractivity contribution is 5.78. The maximum absolute atomic E-state index is 12.6. The Kier molecular flexibility index (Phi) is 5.24. The second kappa shape index (κ2) is 8.34. The molecule has 1 saturated heterocycles. The largest absolute Gasteiger partial charge is 0.445 e.